The van der Waals surface area contributed by atoms with E-state index in [1.165, 1.54) is 24.2 Å². The lowest BCUT2D eigenvalue weighted by Crippen LogP contribution is -2.44. The minimum absolute atomic E-state index is 0.185. The van der Waals surface area contributed by atoms with Gasteiger partial charge in [0.15, 0.2) is 0 Å². The minimum atomic E-state index is -0.185. The van der Waals surface area contributed by atoms with Crippen LogP contribution in [0.4, 0.5) is 9.93 Å². The number of urea groups is 1. The largest absolute Gasteiger partial charge is 0.334 e. The van der Waals surface area contributed by atoms with Crippen molar-refractivity contribution in [1.29, 1.82) is 0 Å². The van der Waals surface area contributed by atoms with E-state index in [-0.39, 0.29) is 12.1 Å². The summed E-state index contributed by atoms with van der Waals surface area (Å²) >= 11 is 1.42. The van der Waals surface area contributed by atoms with Crippen LogP contribution in [0.5, 0.6) is 0 Å². The molecule has 1 aliphatic rings. The van der Waals surface area contributed by atoms with E-state index in [4.69, 9.17) is 0 Å². The molecule has 0 spiro atoms. The van der Waals surface area contributed by atoms with Gasteiger partial charge in [-0.15, -0.1) is 10.2 Å². The lowest BCUT2D eigenvalue weighted by Gasteiger charge is -2.23. The van der Waals surface area contributed by atoms with Gasteiger partial charge in [0.1, 0.15) is 5.01 Å². The highest BCUT2D eigenvalue weighted by Gasteiger charge is 2.18. The second-order valence-corrected chi connectivity index (χ2v) is 6.13. The summed E-state index contributed by atoms with van der Waals surface area (Å²) in [5.41, 5.74) is 0. The molecule has 1 aromatic heterocycles. The summed E-state index contributed by atoms with van der Waals surface area (Å²) in [6, 6.07) is 0.00140. The van der Waals surface area contributed by atoms with E-state index >= 15 is 0 Å². The molecule has 0 aliphatic carbocycles. The van der Waals surface area contributed by atoms with Crippen molar-refractivity contribution >= 4 is 22.5 Å². The number of anilines is 1. The lowest BCUT2D eigenvalue weighted by atomic mass is 10.2. The topological polar surface area (TPSA) is 70.1 Å². The number of nitrogens with one attached hydrogen (secondary N) is 2. The standard InChI is InChI=1S/C13H23N5OS/c1-3-10(9-18-7-5-6-8-18)14-12(19)15-13-17-16-11(4-2)20-13/h10H,3-9H2,1-2H3,(H2,14,15,17,19)/t10-/m1/s1. The summed E-state index contributed by atoms with van der Waals surface area (Å²) < 4.78 is 0. The van der Waals surface area contributed by atoms with Crippen molar-refractivity contribution in [1.82, 2.24) is 20.4 Å². The van der Waals surface area contributed by atoms with Gasteiger partial charge in [0.2, 0.25) is 5.13 Å². The fourth-order valence-electron chi connectivity index (χ4n) is 2.32. The Balaban J connectivity index is 1.78. The smallest absolute Gasteiger partial charge is 0.321 e. The number of hydrogen-bond acceptors (Lipinski definition) is 5. The van der Waals surface area contributed by atoms with Crippen molar-refractivity contribution in [2.24, 2.45) is 0 Å². The van der Waals surface area contributed by atoms with E-state index in [1.807, 2.05) is 6.92 Å². The molecule has 2 heterocycles. The van der Waals surface area contributed by atoms with Gasteiger partial charge in [-0.3, -0.25) is 5.32 Å². The van der Waals surface area contributed by atoms with Crippen LogP contribution in [0.2, 0.25) is 0 Å². The summed E-state index contributed by atoms with van der Waals surface area (Å²) in [4.78, 5) is 14.4. The quantitative estimate of drug-likeness (QED) is 0.843. The van der Waals surface area contributed by atoms with Gasteiger partial charge in [0.05, 0.1) is 0 Å². The molecule has 1 aliphatic heterocycles. The molecule has 2 rings (SSSR count). The third kappa shape index (κ3) is 4.42. The summed E-state index contributed by atoms with van der Waals surface area (Å²) in [6.07, 6.45) is 4.31. The van der Waals surface area contributed by atoms with Gasteiger partial charge in [0.25, 0.3) is 0 Å². The van der Waals surface area contributed by atoms with Gasteiger partial charge in [-0.2, -0.15) is 0 Å². The van der Waals surface area contributed by atoms with Crippen LogP contribution in [0.15, 0.2) is 0 Å². The molecule has 2 amide bonds. The second kappa shape index (κ2) is 7.54. The number of nitrogens with zero attached hydrogens (tertiary/aromatic N) is 3. The molecule has 7 heteroatoms. The van der Waals surface area contributed by atoms with Crippen LogP contribution >= 0.6 is 11.3 Å². The second-order valence-electron chi connectivity index (χ2n) is 5.07. The van der Waals surface area contributed by atoms with E-state index in [0.717, 1.165) is 37.5 Å². The predicted octanol–water partition coefficient (Wildman–Crippen LogP) is 2.10. The van der Waals surface area contributed by atoms with E-state index < -0.39 is 0 Å². The number of amides is 2. The maximum absolute atomic E-state index is 12.0. The highest BCUT2D eigenvalue weighted by molar-refractivity contribution is 7.15. The molecular weight excluding hydrogens is 274 g/mol. The predicted molar refractivity (Wildman–Crippen MR) is 81.2 cm³/mol. The van der Waals surface area contributed by atoms with E-state index in [2.05, 4.69) is 32.7 Å². The van der Waals surface area contributed by atoms with Crippen LogP contribution in [-0.4, -0.2) is 46.8 Å². The molecule has 0 saturated carbocycles. The normalized spacial score (nSPS) is 17.1. The highest BCUT2D eigenvalue weighted by atomic mass is 32.1. The van der Waals surface area contributed by atoms with Crippen LogP contribution in [0.3, 0.4) is 0 Å². The number of carbonyl (C=O) groups excluding carboxylic acids is 1. The third-order valence-electron chi connectivity index (χ3n) is 3.50. The van der Waals surface area contributed by atoms with Gasteiger partial charge < -0.3 is 10.2 Å². The average molecular weight is 297 g/mol. The Morgan fingerprint density at radius 3 is 2.70 bits per heavy atom. The maximum atomic E-state index is 12.0. The summed E-state index contributed by atoms with van der Waals surface area (Å²) in [6.45, 7) is 7.35. The van der Waals surface area contributed by atoms with Crippen molar-refractivity contribution in [3.8, 4) is 0 Å². The fourth-order valence-corrected chi connectivity index (χ4v) is 2.99. The molecule has 0 bridgehead atoms. The molecule has 6 nitrogen and oxygen atoms in total. The maximum Gasteiger partial charge on any atom is 0.321 e. The Kier molecular flexibility index (Phi) is 5.72. The van der Waals surface area contributed by atoms with Crippen molar-refractivity contribution in [2.45, 2.75) is 45.6 Å². The first-order valence-electron chi connectivity index (χ1n) is 7.33. The molecule has 1 atom stereocenters. The molecule has 1 fully saturated rings. The summed E-state index contributed by atoms with van der Waals surface area (Å²) in [5, 5.41) is 15.2. The van der Waals surface area contributed by atoms with E-state index in [1.54, 1.807) is 0 Å². The number of aryl methyl sites for hydroxylation is 1. The number of rotatable bonds is 6. The molecule has 0 radical (unpaired) electrons. The highest BCUT2D eigenvalue weighted by Crippen LogP contribution is 2.15. The summed E-state index contributed by atoms with van der Waals surface area (Å²) in [7, 11) is 0. The Hall–Kier alpha value is -1.21. The SMILES string of the molecule is CCc1nnc(NC(=O)N[C@H](CC)CN2CCCC2)s1. The molecule has 0 unspecified atom stereocenters. The van der Waals surface area contributed by atoms with Gasteiger partial charge >= 0.3 is 6.03 Å². The zero-order chi connectivity index (χ0) is 14.4. The van der Waals surface area contributed by atoms with Crippen LogP contribution in [-0.2, 0) is 6.42 Å². The number of carbonyl (C=O) groups is 1. The Morgan fingerprint density at radius 2 is 2.10 bits per heavy atom. The van der Waals surface area contributed by atoms with Crippen LogP contribution in [0, 0.1) is 0 Å². The van der Waals surface area contributed by atoms with E-state index in [9.17, 15) is 4.79 Å². The molecule has 112 valence electrons. The lowest BCUT2D eigenvalue weighted by molar-refractivity contribution is 0.239. The molecule has 2 N–H and O–H groups in total. The fraction of sp³-hybridized carbons (Fsp3) is 0.769. The van der Waals surface area contributed by atoms with Crippen molar-refractivity contribution in [2.75, 3.05) is 25.0 Å². The van der Waals surface area contributed by atoms with E-state index in [0.29, 0.717) is 5.13 Å². The summed E-state index contributed by atoms with van der Waals surface area (Å²) in [5.74, 6) is 0. The molecule has 1 aromatic rings. The van der Waals surface area contributed by atoms with Crippen molar-refractivity contribution < 1.29 is 4.79 Å². The van der Waals surface area contributed by atoms with Gasteiger partial charge in [-0.25, -0.2) is 4.79 Å². The molecule has 1 saturated heterocycles. The number of likely N-dealkylation sites (tertiary alicyclic amines) is 1. The molecular formula is C13H23N5OS. The molecule has 0 aromatic carbocycles. The zero-order valence-corrected chi connectivity index (χ0v) is 13.0. The van der Waals surface area contributed by atoms with Crippen LogP contribution in [0.25, 0.3) is 0 Å². The monoisotopic (exact) mass is 297 g/mol. The number of hydrogen-bond donors (Lipinski definition) is 2. The van der Waals surface area contributed by atoms with Gasteiger partial charge in [0, 0.05) is 12.6 Å². The first-order valence-corrected chi connectivity index (χ1v) is 8.15. The van der Waals surface area contributed by atoms with Crippen molar-refractivity contribution in [3.05, 3.63) is 5.01 Å². The van der Waals surface area contributed by atoms with Crippen molar-refractivity contribution in [3.63, 3.8) is 0 Å². The van der Waals surface area contributed by atoms with Crippen LogP contribution < -0.4 is 10.6 Å². The minimum Gasteiger partial charge on any atom is -0.334 e. The molecule has 20 heavy (non-hydrogen) atoms. The average Bonchev–Trinajstić information content (AvgIpc) is 3.09. The first-order chi connectivity index (χ1) is 9.71. The Labute approximate surface area is 124 Å². The van der Waals surface area contributed by atoms with Gasteiger partial charge in [-0.1, -0.05) is 25.2 Å². The third-order valence-corrected chi connectivity index (χ3v) is 4.48. The first kappa shape index (κ1) is 15.2. The zero-order valence-electron chi connectivity index (χ0n) is 12.2. The van der Waals surface area contributed by atoms with Crippen LogP contribution in [0.1, 0.15) is 38.1 Å². The Morgan fingerprint density at radius 1 is 1.35 bits per heavy atom. The Bertz CT molecular complexity index is 430. The van der Waals surface area contributed by atoms with Gasteiger partial charge in [-0.05, 0) is 38.8 Å². The number of aromatic nitrogens is 2.